The molecule has 3 atom stereocenters. The fourth-order valence-electron chi connectivity index (χ4n) is 4.13. The molecule has 0 saturated heterocycles. The Bertz CT molecular complexity index is 1110. The third-order valence-corrected chi connectivity index (χ3v) is 6.77. The van der Waals surface area contributed by atoms with Crippen LogP contribution in [0.2, 0.25) is 0 Å². The Labute approximate surface area is 205 Å². The fourth-order valence-corrected chi connectivity index (χ4v) is 4.63. The van der Waals surface area contributed by atoms with Crippen molar-refractivity contribution >= 4 is 22.6 Å². The minimum absolute atomic E-state index is 0.0436. The molecule has 0 amide bonds. The van der Waals surface area contributed by atoms with Gasteiger partial charge in [-0.3, -0.25) is 0 Å². The number of hydrogen-bond acceptors (Lipinski definition) is 3. The zero-order chi connectivity index (χ0) is 22.9. The maximum Gasteiger partial charge on any atom is 0.0991 e. The number of nitrogens with one attached hydrogen (secondary N) is 1. The Morgan fingerprint density at radius 3 is 2.25 bits per heavy atom. The molecule has 32 heavy (non-hydrogen) atoms. The molecule has 0 fully saturated rings. The lowest BCUT2D eigenvalue weighted by Gasteiger charge is -2.30. The summed E-state index contributed by atoms with van der Waals surface area (Å²) in [7, 11) is 0. The summed E-state index contributed by atoms with van der Waals surface area (Å²) in [6.45, 7) is 4.26. The van der Waals surface area contributed by atoms with Crippen LogP contribution in [0.5, 0.6) is 0 Å². The zero-order valence-electron chi connectivity index (χ0n) is 18.6. The quantitative estimate of drug-likeness (QED) is 0.244. The molecule has 0 aliphatic heterocycles. The summed E-state index contributed by atoms with van der Waals surface area (Å²) in [5.74, 6) is 0.166. The van der Waals surface area contributed by atoms with E-state index in [0.717, 1.165) is 22.0 Å². The van der Waals surface area contributed by atoms with Gasteiger partial charge < -0.3 is 5.32 Å². The van der Waals surface area contributed by atoms with Gasteiger partial charge in [0.2, 0.25) is 0 Å². The largest absolute Gasteiger partial charge is 0.306 e. The van der Waals surface area contributed by atoms with Crippen LogP contribution in [-0.4, -0.2) is 6.04 Å². The number of alkyl halides is 1. The summed E-state index contributed by atoms with van der Waals surface area (Å²) in [4.78, 5) is 0. The summed E-state index contributed by atoms with van der Waals surface area (Å²) in [5.41, 5.74) is 6.72. The van der Waals surface area contributed by atoms with Gasteiger partial charge in [-0.1, -0.05) is 88.8 Å². The van der Waals surface area contributed by atoms with Crippen LogP contribution in [0.1, 0.15) is 58.7 Å². The molecule has 0 aliphatic rings. The van der Waals surface area contributed by atoms with E-state index in [2.05, 4.69) is 102 Å². The number of hydrogen-bond donors (Lipinski definition) is 1. The molecule has 0 saturated carbocycles. The molecule has 1 N–H and O–H groups in total. The van der Waals surface area contributed by atoms with Gasteiger partial charge in [0.1, 0.15) is 0 Å². The Hall–Kier alpha value is -2.67. The SMILES string of the molecule is Cc1cccc(C(CC#N)N[C@@H](C)[C@@H](Cc2ccc(CI)cc2)c2cccc(C#N)c2)c1. The smallest absolute Gasteiger partial charge is 0.0991 e. The minimum Gasteiger partial charge on any atom is -0.306 e. The molecule has 0 bridgehead atoms. The molecular weight excluding hydrogens is 505 g/mol. The molecule has 1 unspecified atom stereocenters. The molecule has 0 aromatic heterocycles. The zero-order valence-corrected chi connectivity index (χ0v) is 20.7. The van der Waals surface area contributed by atoms with Gasteiger partial charge in [-0.2, -0.15) is 10.5 Å². The standard InChI is InChI=1S/C28H28IN3/c1-20-5-3-8-26(15-20)28(13-14-30)32-21(2)27(25-7-4-6-24(16-25)19-31)17-22-9-11-23(18-29)12-10-22/h3-12,15-16,21,27-28,32H,13,17-18H2,1-2H3/t21-,27+,28?/m0/s1. The molecule has 3 rings (SSSR count). The van der Waals surface area contributed by atoms with Crippen LogP contribution in [0.15, 0.2) is 72.8 Å². The Morgan fingerprint density at radius 2 is 1.59 bits per heavy atom. The van der Waals surface area contributed by atoms with Gasteiger partial charge in [-0.05, 0) is 54.7 Å². The van der Waals surface area contributed by atoms with E-state index >= 15 is 0 Å². The molecule has 0 heterocycles. The molecular formula is C28H28IN3. The van der Waals surface area contributed by atoms with Crippen molar-refractivity contribution in [1.29, 1.82) is 10.5 Å². The predicted octanol–water partition coefficient (Wildman–Crippen LogP) is 6.76. The van der Waals surface area contributed by atoms with Crippen LogP contribution in [-0.2, 0) is 10.8 Å². The van der Waals surface area contributed by atoms with Gasteiger partial charge in [-0.25, -0.2) is 0 Å². The third kappa shape index (κ3) is 6.42. The van der Waals surface area contributed by atoms with Gasteiger partial charge in [0.15, 0.2) is 0 Å². The Kier molecular flexibility index (Phi) is 8.85. The van der Waals surface area contributed by atoms with E-state index in [1.54, 1.807) is 0 Å². The maximum atomic E-state index is 9.46. The van der Waals surface area contributed by atoms with Crippen molar-refractivity contribution in [2.75, 3.05) is 0 Å². The van der Waals surface area contributed by atoms with Crippen molar-refractivity contribution < 1.29 is 0 Å². The fraction of sp³-hybridized carbons (Fsp3) is 0.286. The van der Waals surface area contributed by atoms with E-state index in [1.165, 1.54) is 16.7 Å². The van der Waals surface area contributed by atoms with Gasteiger partial charge in [0, 0.05) is 22.4 Å². The summed E-state index contributed by atoms with van der Waals surface area (Å²) in [5, 5.41) is 22.6. The molecule has 4 heteroatoms. The highest BCUT2D eigenvalue weighted by atomic mass is 127. The van der Waals surface area contributed by atoms with Crippen LogP contribution in [0.3, 0.4) is 0 Å². The summed E-state index contributed by atoms with van der Waals surface area (Å²) in [6.07, 6.45) is 1.26. The number of rotatable bonds is 9. The molecule has 3 nitrogen and oxygen atoms in total. The van der Waals surface area contributed by atoms with E-state index in [1.807, 2.05) is 24.3 Å². The number of nitriles is 2. The first-order chi connectivity index (χ1) is 15.5. The van der Waals surface area contributed by atoms with Crippen molar-refractivity contribution in [3.63, 3.8) is 0 Å². The number of benzene rings is 3. The molecule has 0 radical (unpaired) electrons. The number of nitrogens with zero attached hydrogens (tertiary/aromatic N) is 2. The van der Waals surface area contributed by atoms with Crippen LogP contribution >= 0.6 is 22.6 Å². The minimum atomic E-state index is -0.0436. The van der Waals surface area contributed by atoms with E-state index in [4.69, 9.17) is 0 Å². The van der Waals surface area contributed by atoms with Crippen molar-refractivity contribution in [3.8, 4) is 12.1 Å². The highest BCUT2D eigenvalue weighted by Crippen LogP contribution is 2.29. The predicted molar refractivity (Wildman–Crippen MR) is 139 cm³/mol. The average Bonchev–Trinajstić information content (AvgIpc) is 2.82. The van der Waals surface area contributed by atoms with E-state index in [0.29, 0.717) is 12.0 Å². The molecule has 0 aliphatic carbocycles. The highest BCUT2D eigenvalue weighted by Gasteiger charge is 2.24. The highest BCUT2D eigenvalue weighted by molar-refractivity contribution is 14.1. The van der Waals surface area contributed by atoms with E-state index in [9.17, 15) is 10.5 Å². The first-order valence-electron chi connectivity index (χ1n) is 10.9. The molecule has 162 valence electrons. The first-order valence-corrected chi connectivity index (χ1v) is 12.4. The van der Waals surface area contributed by atoms with Gasteiger partial charge >= 0.3 is 0 Å². The maximum absolute atomic E-state index is 9.46. The molecule has 0 spiro atoms. The first kappa shape index (κ1) is 24.0. The van der Waals surface area contributed by atoms with Gasteiger partial charge in [0.05, 0.1) is 24.1 Å². The Balaban J connectivity index is 1.91. The van der Waals surface area contributed by atoms with Crippen molar-refractivity contribution in [3.05, 3.63) is 106 Å². The lowest BCUT2D eigenvalue weighted by Crippen LogP contribution is -2.36. The van der Waals surface area contributed by atoms with Crippen molar-refractivity contribution in [2.45, 2.75) is 49.1 Å². The lowest BCUT2D eigenvalue weighted by atomic mass is 9.85. The second kappa shape index (κ2) is 11.8. The second-order valence-electron chi connectivity index (χ2n) is 8.28. The van der Waals surface area contributed by atoms with Crippen LogP contribution < -0.4 is 5.32 Å². The van der Waals surface area contributed by atoms with Crippen LogP contribution in [0.25, 0.3) is 0 Å². The van der Waals surface area contributed by atoms with Crippen LogP contribution in [0, 0.1) is 29.6 Å². The van der Waals surface area contributed by atoms with Gasteiger partial charge in [0.25, 0.3) is 0 Å². The molecule has 3 aromatic carbocycles. The topological polar surface area (TPSA) is 59.6 Å². The van der Waals surface area contributed by atoms with Gasteiger partial charge in [-0.15, -0.1) is 0 Å². The van der Waals surface area contributed by atoms with E-state index < -0.39 is 0 Å². The average molecular weight is 533 g/mol. The normalized spacial score (nSPS) is 13.5. The monoisotopic (exact) mass is 533 g/mol. The van der Waals surface area contributed by atoms with Crippen LogP contribution in [0.4, 0.5) is 0 Å². The Morgan fingerprint density at radius 1 is 0.906 bits per heavy atom. The number of halogens is 1. The van der Waals surface area contributed by atoms with E-state index in [-0.39, 0.29) is 18.0 Å². The van der Waals surface area contributed by atoms with Crippen molar-refractivity contribution in [2.24, 2.45) is 0 Å². The molecule has 3 aromatic rings. The summed E-state index contributed by atoms with van der Waals surface area (Å²) < 4.78 is 0.996. The lowest BCUT2D eigenvalue weighted by molar-refractivity contribution is 0.401. The third-order valence-electron chi connectivity index (χ3n) is 5.88. The summed E-state index contributed by atoms with van der Waals surface area (Å²) in [6, 6.07) is 29.7. The second-order valence-corrected chi connectivity index (χ2v) is 9.05. The van der Waals surface area contributed by atoms with Crippen molar-refractivity contribution in [1.82, 2.24) is 5.32 Å². The number of aryl methyl sites for hydroxylation is 1. The summed E-state index contributed by atoms with van der Waals surface area (Å²) >= 11 is 2.38.